The second kappa shape index (κ2) is 6.66. The number of nitrogens with zero attached hydrogens (tertiary/aromatic N) is 2. The van der Waals surface area contributed by atoms with Crippen molar-refractivity contribution in [3.63, 3.8) is 0 Å². The van der Waals surface area contributed by atoms with Crippen LogP contribution in [0.2, 0.25) is 0 Å². The maximum Gasteiger partial charge on any atom is 0.265 e. The van der Waals surface area contributed by atoms with Gasteiger partial charge in [-0.05, 0) is 57.0 Å². The molecule has 3 aliphatic rings. The van der Waals surface area contributed by atoms with Gasteiger partial charge in [-0.25, -0.2) is 12.8 Å². The second-order valence-electron chi connectivity index (χ2n) is 6.95. The highest BCUT2D eigenvalue weighted by molar-refractivity contribution is 7.96. The fourth-order valence-electron chi connectivity index (χ4n) is 4.03. The summed E-state index contributed by atoms with van der Waals surface area (Å²) in [5.74, 6) is -1.20. The maximum absolute atomic E-state index is 13.7. The van der Waals surface area contributed by atoms with Gasteiger partial charge in [-0.15, -0.1) is 0 Å². The van der Waals surface area contributed by atoms with Crippen molar-refractivity contribution < 1.29 is 17.6 Å². The Balaban J connectivity index is 1.62. The third-order valence-corrected chi connectivity index (χ3v) is 7.14. The summed E-state index contributed by atoms with van der Waals surface area (Å²) >= 11 is 0. The molecule has 6 nitrogen and oxygen atoms in total. The first-order valence-electron chi connectivity index (χ1n) is 9.04. The standard InChI is InChI=1S/C18H22FN3O3S/c19-13-5-6-14-16(12-13)26(24,25)17(15-4-3-10-22(14)15)18(23)20-7-11-21-8-1-2-9-21/h5-6,12H,1-4,7-11H2,(H,20,23). The summed E-state index contributed by atoms with van der Waals surface area (Å²) in [6.07, 6.45) is 3.63. The summed E-state index contributed by atoms with van der Waals surface area (Å²) in [6.45, 7) is 3.78. The van der Waals surface area contributed by atoms with Crippen LogP contribution < -0.4 is 10.2 Å². The molecular weight excluding hydrogens is 357 g/mol. The van der Waals surface area contributed by atoms with Crippen LogP contribution in [0.3, 0.4) is 0 Å². The van der Waals surface area contributed by atoms with E-state index in [0.717, 1.165) is 38.4 Å². The van der Waals surface area contributed by atoms with E-state index in [2.05, 4.69) is 10.2 Å². The van der Waals surface area contributed by atoms with E-state index in [1.165, 1.54) is 12.1 Å². The molecule has 0 bridgehead atoms. The minimum absolute atomic E-state index is 0.118. The number of carbonyl (C=O) groups is 1. The lowest BCUT2D eigenvalue weighted by Crippen LogP contribution is -2.39. The average Bonchev–Trinajstić information content (AvgIpc) is 3.26. The van der Waals surface area contributed by atoms with E-state index < -0.39 is 21.6 Å². The topological polar surface area (TPSA) is 69.7 Å². The van der Waals surface area contributed by atoms with Gasteiger partial charge in [0.1, 0.15) is 5.82 Å². The van der Waals surface area contributed by atoms with Gasteiger partial charge in [-0.2, -0.15) is 0 Å². The SMILES string of the molecule is O=C(NCCN1CCCC1)C1=C2CCCN2c2ccc(F)cc2S1(=O)=O. The van der Waals surface area contributed by atoms with Gasteiger partial charge in [0.2, 0.25) is 9.84 Å². The lowest BCUT2D eigenvalue weighted by molar-refractivity contribution is -0.116. The summed E-state index contributed by atoms with van der Waals surface area (Å²) in [4.78, 5) is 16.5. The van der Waals surface area contributed by atoms with E-state index in [1.807, 2.05) is 4.90 Å². The number of hydrogen-bond donors (Lipinski definition) is 1. The van der Waals surface area contributed by atoms with Gasteiger partial charge in [0.05, 0.1) is 10.6 Å². The third kappa shape index (κ3) is 2.91. The van der Waals surface area contributed by atoms with Crippen LogP contribution in [-0.4, -0.2) is 51.9 Å². The Bertz CT molecular complexity index is 876. The van der Waals surface area contributed by atoms with E-state index in [0.29, 0.717) is 37.4 Å². The fourth-order valence-corrected chi connectivity index (χ4v) is 5.81. The molecule has 4 rings (SSSR count). The number of likely N-dealkylation sites (tertiary alicyclic amines) is 1. The highest BCUT2D eigenvalue weighted by atomic mass is 32.2. The lowest BCUT2D eigenvalue weighted by Gasteiger charge is -2.30. The van der Waals surface area contributed by atoms with Crippen molar-refractivity contribution in [3.8, 4) is 0 Å². The number of anilines is 1. The predicted octanol–water partition coefficient (Wildman–Crippen LogP) is 1.64. The number of carbonyl (C=O) groups excluding carboxylic acids is 1. The van der Waals surface area contributed by atoms with Crippen LogP contribution in [0.5, 0.6) is 0 Å². The number of fused-ring (bicyclic) bond motifs is 3. The zero-order chi connectivity index (χ0) is 18.3. The molecule has 8 heteroatoms. The van der Waals surface area contributed by atoms with Gasteiger partial charge >= 0.3 is 0 Å². The molecule has 1 aromatic carbocycles. The Morgan fingerprint density at radius 2 is 1.92 bits per heavy atom. The average molecular weight is 379 g/mol. The molecule has 26 heavy (non-hydrogen) atoms. The molecule has 0 atom stereocenters. The quantitative estimate of drug-likeness (QED) is 0.861. The van der Waals surface area contributed by atoms with E-state index >= 15 is 0 Å². The Kier molecular flexibility index (Phi) is 4.48. The number of nitrogens with one attached hydrogen (secondary N) is 1. The van der Waals surface area contributed by atoms with Crippen LogP contribution >= 0.6 is 0 Å². The van der Waals surface area contributed by atoms with Crippen molar-refractivity contribution in [3.05, 3.63) is 34.6 Å². The summed E-state index contributed by atoms with van der Waals surface area (Å²) in [5, 5.41) is 2.75. The van der Waals surface area contributed by atoms with E-state index in [9.17, 15) is 17.6 Å². The number of hydrogen-bond acceptors (Lipinski definition) is 5. The van der Waals surface area contributed by atoms with Crippen molar-refractivity contribution in [2.24, 2.45) is 0 Å². The molecule has 1 N–H and O–H groups in total. The first-order valence-corrected chi connectivity index (χ1v) is 10.5. The Labute approximate surface area is 152 Å². The molecule has 3 aliphatic heterocycles. The molecule has 0 spiro atoms. The van der Waals surface area contributed by atoms with E-state index in [1.54, 1.807) is 0 Å². The Hall–Kier alpha value is -1.93. The molecule has 0 unspecified atom stereocenters. The molecule has 0 saturated carbocycles. The number of sulfone groups is 1. The number of halogens is 1. The molecule has 2 saturated heterocycles. The molecule has 0 aliphatic carbocycles. The molecule has 2 fully saturated rings. The Morgan fingerprint density at radius 3 is 2.69 bits per heavy atom. The van der Waals surface area contributed by atoms with Crippen molar-refractivity contribution in [2.75, 3.05) is 37.6 Å². The summed E-state index contributed by atoms with van der Waals surface area (Å²) in [7, 11) is -4.04. The Morgan fingerprint density at radius 1 is 1.15 bits per heavy atom. The van der Waals surface area contributed by atoms with Crippen LogP contribution in [0.15, 0.2) is 33.7 Å². The van der Waals surface area contributed by atoms with Crippen molar-refractivity contribution in [1.29, 1.82) is 0 Å². The van der Waals surface area contributed by atoms with Crippen LogP contribution in [0.4, 0.5) is 10.1 Å². The zero-order valence-electron chi connectivity index (χ0n) is 14.5. The first kappa shape index (κ1) is 17.5. The highest BCUT2D eigenvalue weighted by Crippen LogP contribution is 2.43. The number of allylic oxidation sites excluding steroid dienone is 1. The second-order valence-corrected chi connectivity index (χ2v) is 8.81. The van der Waals surface area contributed by atoms with Gasteiger partial charge in [0.15, 0.2) is 4.91 Å². The number of benzene rings is 1. The monoisotopic (exact) mass is 379 g/mol. The lowest BCUT2D eigenvalue weighted by atomic mass is 10.2. The van der Waals surface area contributed by atoms with Gasteiger partial charge in [0.25, 0.3) is 5.91 Å². The van der Waals surface area contributed by atoms with Crippen LogP contribution in [0, 0.1) is 5.82 Å². The van der Waals surface area contributed by atoms with Gasteiger partial charge < -0.3 is 15.1 Å². The van der Waals surface area contributed by atoms with Crippen LogP contribution in [-0.2, 0) is 14.6 Å². The smallest absolute Gasteiger partial charge is 0.265 e. The van der Waals surface area contributed by atoms with Gasteiger partial charge in [-0.3, -0.25) is 4.79 Å². The van der Waals surface area contributed by atoms with E-state index in [-0.39, 0.29) is 9.80 Å². The molecule has 1 amide bonds. The number of amides is 1. The van der Waals surface area contributed by atoms with Crippen molar-refractivity contribution >= 4 is 21.4 Å². The molecule has 0 radical (unpaired) electrons. The normalized spacial score (nSPS) is 21.7. The third-order valence-electron chi connectivity index (χ3n) is 5.27. The molecular formula is C18H22FN3O3S. The van der Waals surface area contributed by atoms with Gasteiger partial charge in [-0.1, -0.05) is 0 Å². The van der Waals surface area contributed by atoms with Crippen LogP contribution in [0.1, 0.15) is 25.7 Å². The summed E-state index contributed by atoms with van der Waals surface area (Å²) in [6, 6.07) is 3.75. The van der Waals surface area contributed by atoms with Crippen molar-refractivity contribution in [1.82, 2.24) is 10.2 Å². The van der Waals surface area contributed by atoms with Gasteiger partial charge in [0, 0.05) is 25.3 Å². The first-order chi connectivity index (χ1) is 12.5. The largest absolute Gasteiger partial charge is 0.350 e. The molecule has 140 valence electrons. The molecule has 3 heterocycles. The molecule has 0 aromatic heterocycles. The maximum atomic E-state index is 13.7. The van der Waals surface area contributed by atoms with E-state index in [4.69, 9.17) is 0 Å². The summed E-state index contributed by atoms with van der Waals surface area (Å²) < 4.78 is 39.8. The predicted molar refractivity (Wildman–Crippen MR) is 95.9 cm³/mol. The number of rotatable bonds is 4. The highest BCUT2D eigenvalue weighted by Gasteiger charge is 2.41. The zero-order valence-corrected chi connectivity index (χ0v) is 15.3. The fraction of sp³-hybridized carbons (Fsp3) is 0.500. The van der Waals surface area contributed by atoms with Crippen LogP contribution in [0.25, 0.3) is 0 Å². The minimum atomic E-state index is -4.04. The minimum Gasteiger partial charge on any atom is -0.350 e. The van der Waals surface area contributed by atoms with Crippen molar-refractivity contribution in [2.45, 2.75) is 30.6 Å². The summed E-state index contributed by atoms with van der Waals surface area (Å²) in [5.41, 5.74) is 0.996. The molecule has 1 aromatic rings.